The van der Waals surface area contributed by atoms with Crippen LogP contribution in [-0.2, 0) is 4.79 Å². The van der Waals surface area contributed by atoms with E-state index in [1.54, 1.807) is 12.0 Å². The third-order valence-electron chi connectivity index (χ3n) is 5.54. The molecule has 2 aromatic rings. The highest BCUT2D eigenvalue weighted by atomic mass is 32.2. The zero-order chi connectivity index (χ0) is 23.8. The number of hydrogen-bond acceptors (Lipinski definition) is 6. The number of methoxy groups -OCH3 is 1. The quantitative estimate of drug-likeness (QED) is 0.212. The molecular formula is C26H31NO4S2. The van der Waals surface area contributed by atoms with Crippen molar-refractivity contribution in [1.82, 2.24) is 4.90 Å². The summed E-state index contributed by atoms with van der Waals surface area (Å²) in [6, 6.07) is 13.9. The second-order valence-electron chi connectivity index (χ2n) is 7.73. The second kappa shape index (κ2) is 12.1. The summed E-state index contributed by atoms with van der Waals surface area (Å²) in [5.41, 5.74) is 2.11. The van der Waals surface area contributed by atoms with Crippen molar-refractivity contribution in [2.24, 2.45) is 0 Å². The highest BCUT2D eigenvalue weighted by molar-refractivity contribution is 8.26. The van der Waals surface area contributed by atoms with Crippen LogP contribution in [0, 0.1) is 0 Å². The zero-order valence-electron chi connectivity index (χ0n) is 19.6. The van der Waals surface area contributed by atoms with Gasteiger partial charge in [0, 0.05) is 13.0 Å². The molecule has 0 saturated carbocycles. The molecule has 0 N–H and O–H groups in total. The van der Waals surface area contributed by atoms with Crippen LogP contribution >= 0.6 is 24.0 Å². The minimum Gasteiger partial charge on any atom is -0.493 e. The lowest BCUT2D eigenvalue weighted by atomic mass is 9.98. The molecule has 1 amide bonds. The molecule has 1 aliphatic rings. The fourth-order valence-electron chi connectivity index (χ4n) is 3.48. The number of thiocarbonyl (C=S) groups is 1. The average molecular weight is 486 g/mol. The Morgan fingerprint density at radius 2 is 1.79 bits per heavy atom. The molecule has 33 heavy (non-hydrogen) atoms. The molecule has 1 fully saturated rings. The Morgan fingerprint density at radius 1 is 1.06 bits per heavy atom. The van der Waals surface area contributed by atoms with Crippen molar-refractivity contribution in [1.29, 1.82) is 0 Å². The summed E-state index contributed by atoms with van der Waals surface area (Å²) in [5.74, 6) is 2.64. The third-order valence-corrected chi connectivity index (χ3v) is 6.92. The summed E-state index contributed by atoms with van der Waals surface area (Å²) in [7, 11) is 1.61. The van der Waals surface area contributed by atoms with Gasteiger partial charge in [-0.2, -0.15) is 0 Å². The van der Waals surface area contributed by atoms with Crippen molar-refractivity contribution in [2.75, 3.05) is 26.9 Å². The predicted molar refractivity (Wildman–Crippen MR) is 139 cm³/mol. The molecule has 1 saturated heterocycles. The fourth-order valence-corrected chi connectivity index (χ4v) is 4.86. The van der Waals surface area contributed by atoms with Gasteiger partial charge >= 0.3 is 0 Å². The van der Waals surface area contributed by atoms with E-state index in [1.165, 1.54) is 17.3 Å². The van der Waals surface area contributed by atoms with Crippen LogP contribution in [0.3, 0.4) is 0 Å². The normalized spacial score (nSPS) is 15.8. The number of nitrogens with zero attached hydrogens (tertiary/aromatic N) is 1. The molecule has 3 rings (SSSR count). The zero-order valence-corrected chi connectivity index (χ0v) is 21.3. The van der Waals surface area contributed by atoms with E-state index in [4.69, 9.17) is 26.4 Å². The first-order valence-electron chi connectivity index (χ1n) is 11.3. The van der Waals surface area contributed by atoms with Crippen molar-refractivity contribution in [2.45, 2.75) is 39.5 Å². The summed E-state index contributed by atoms with van der Waals surface area (Å²) in [5, 5.41) is 0. The van der Waals surface area contributed by atoms with Gasteiger partial charge in [-0.25, -0.2) is 0 Å². The number of benzene rings is 2. The van der Waals surface area contributed by atoms with E-state index >= 15 is 0 Å². The predicted octanol–water partition coefficient (Wildman–Crippen LogP) is 6.28. The monoisotopic (exact) mass is 485 g/mol. The first-order valence-corrected chi connectivity index (χ1v) is 12.5. The molecule has 1 aliphatic heterocycles. The highest BCUT2D eigenvalue weighted by Gasteiger charge is 2.30. The van der Waals surface area contributed by atoms with Crippen LogP contribution in [0.1, 0.15) is 50.7 Å². The first kappa shape index (κ1) is 25.1. The van der Waals surface area contributed by atoms with Crippen LogP contribution in [0.5, 0.6) is 17.2 Å². The molecule has 5 nitrogen and oxygen atoms in total. The summed E-state index contributed by atoms with van der Waals surface area (Å²) in [6.07, 6.45) is 3.66. The number of rotatable bonds is 11. The number of ether oxygens (including phenoxy) is 3. The Labute approximate surface area is 206 Å². The molecule has 1 heterocycles. The molecule has 1 atom stereocenters. The minimum absolute atomic E-state index is 0.0540. The number of para-hydroxylation sites is 1. The molecule has 0 bridgehead atoms. The van der Waals surface area contributed by atoms with Gasteiger partial charge in [0.1, 0.15) is 10.1 Å². The van der Waals surface area contributed by atoms with E-state index in [2.05, 4.69) is 26.0 Å². The lowest BCUT2D eigenvalue weighted by molar-refractivity contribution is -0.121. The van der Waals surface area contributed by atoms with E-state index in [-0.39, 0.29) is 5.91 Å². The van der Waals surface area contributed by atoms with E-state index in [1.807, 2.05) is 43.3 Å². The van der Waals surface area contributed by atoms with Crippen LogP contribution in [0.4, 0.5) is 0 Å². The summed E-state index contributed by atoms with van der Waals surface area (Å²) in [6.45, 7) is 7.98. The van der Waals surface area contributed by atoms with Gasteiger partial charge in [-0.1, -0.05) is 62.1 Å². The van der Waals surface area contributed by atoms with Gasteiger partial charge in [0.05, 0.1) is 25.2 Å². The lowest BCUT2D eigenvalue weighted by Gasteiger charge is -2.16. The number of thioether (sulfide) groups is 1. The van der Waals surface area contributed by atoms with Crippen LogP contribution in [0.25, 0.3) is 6.08 Å². The maximum Gasteiger partial charge on any atom is 0.266 e. The van der Waals surface area contributed by atoms with Crippen molar-refractivity contribution in [3.05, 3.63) is 58.5 Å². The summed E-state index contributed by atoms with van der Waals surface area (Å²) < 4.78 is 18.1. The molecule has 176 valence electrons. The topological polar surface area (TPSA) is 48.0 Å². The molecule has 0 aromatic heterocycles. The van der Waals surface area contributed by atoms with Gasteiger partial charge in [0.2, 0.25) is 0 Å². The fraction of sp³-hybridized carbons (Fsp3) is 0.385. The first-order chi connectivity index (χ1) is 16.0. The Kier molecular flexibility index (Phi) is 9.21. The number of hydrogen-bond donors (Lipinski definition) is 0. The molecule has 0 unspecified atom stereocenters. The smallest absolute Gasteiger partial charge is 0.266 e. The van der Waals surface area contributed by atoms with Crippen molar-refractivity contribution in [3.8, 4) is 17.2 Å². The van der Waals surface area contributed by atoms with E-state index in [9.17, 15) is 4.79 Å². The Hall–Kier alpha value is -2.51. The molecule has 0 spiro atoms. The number of carbonyl (C=O) groups is 1. The Bertz CT molecular complexity index is 1020. The lowest BCUT2D eigenvalue weighted by Crippen LogP contribution is -2.27. The maximum absolute atomic E-state index is 12.4. The number of likely N-dealkylation sites (N-methyl/N-ethyl adjacent to an activating group) is 1. The van der Waals surface area contributed by atoms with E-state index in [0.717, 1.165) is 24.2 Å². The van der Waals surface area contributed by atoms with Crippen molar-refractivity contribution in [3.63, 3.8) is 0 Å². The molecule has 7 heteroatoms. The van der Waals surface area contributed by atoms with Gasteiger partial charge in [0.15, 0.2) is 11.5 Å². The van der Waals surface area contributed by atoms with E-state index < -0.39 is 0 Å². The largest absolute Gasteiger partial charge is 0.493 e. The standard InChI is InChI=1S/C26H31NO4S2/c1-5-18(3)20-10-7-8-11-21(20)30-14-9-15-31-22-13-12-19(16-23(22)29-4)17-24-25(28)27(6-2)26(32)33-24/h7-8,10-13,16-18H,5-6,9,14-15H2,1-4H3/b24-17-/t18-/m1/s1. The highest BCUT2D eigenvalue weighted by Crippen LogP contribution is 2.34. The van der Waals surface area contributed by atoms with Gasteiger partial charge in [-0.3, -0.25) is 9.69 Å². The van der Waals surface area contributed by atoms with Gasteiger partial charge in [0.25, 0.3) is 5.91 Å². The number of amides is 1. The van der Waals surface area contributed by atoms with Gasteiger partial charge < -0.3 is 14.2 Å². The molecular weight excluding hydrogens is 454 g/mol. The molecule has 2 aromatic carbocycles. The second-order valence-corrected chi connectivity index (χ2v) is 9.41. The third kappa shape index (κ3) is 6.30. The van der Waals surface area contributed by atoms with Crippen molar-refractivity contribution < 1.29 is 19.0 Å². The van der Waals surface area contributed by atoms with Gasteiger partial charge in [-0.15, -0.1) is 0 Å². The van der Waals surface area contributed by atoms with Crippen molar-refractivity contribution >= 4 is 40.3 Å². The summed E-state index contributed by atoms with van der Waals surface area (Å²) >= 11 is 6.60. The molecule has 0 radical (unpaired) electrons. The van der Waals surface area contributed by atoms with Crippen LogP contribution in [-0.4, -0.2) is 42.0 Å². The average Bonchev–Trinajstić information content (AvgIpc) is 3.10. The van der Waals surface area contributed by atoms with Crippen LogP contribution in [0.2, 0.25) is 0 Å². The van der Waals surface area contributed by atoms with Gasteiger partial charge in [-0.05, 0) is 54.7 Å². The number of carbonyl (C=O) groups excluding carboxylic acids is 1. The van der Waals surface area contributed by atoms with Crippen LogP contribution < -0.4 is 14.2 Å². The van der Waals surface area contributed by atoms with E-state index in [0.29, 0.717) is 46.4 Å². The summed E-state index contributed by atoms with van der Waals surface area (Å²) in [4.78, 5) is 14.7. The maximum atomic E-state index is 12.4. The minimum atomic E-state index is -0.0540. The van der Waals surface area contributed by atoms with Crippen LogP contribution in [0.15, 0.2) is 47.4 Å². The molecule has 0 aliphatic carbocycles. The SMILES string of the molecule is CC[C@@H](C)c1ccccc1OCCCOc1ccc(/C=C2\SC(=S)N(CC)C2=O)cc1OC. The Balaban J connectivity index is 1.56. The Morgan fingerprint density at radius 3 is 2.45 bits per heavy atom.